The normalized spacial score (nSPS) is 11.6. The lowest BCUT2D eigenvalue weighted by molar-refractivity contribution is 1.10. The van der Waals surface area contributed by atoms with Crippen LogP contribution in [0.5, 0.6) is 0 Å². The van der Waals surface area contributed by atoms with Crippen molar-refractivity contribution in [1.29, 1.82) is 0 Å². The zero-order valence-electron chi connectivity index (χ0n) is 28.6. The molecular formula is C43H20B8N2. The van der Waals surface area contributed by atoms with Gasteiger partial charge < -0.3 is 0 Å². The molecule has 8 aromatic carbocycles. The molecule has 16 radical (unpaired) electrons. The van der Waals surface area contributed by atoms with Gasteiger partial charge in [0, 0.05) is 11.3 Å². The van der Waals surface area contributed by atoms with Crippen molar-refractivity contribution in [2.45, 2.75) is 0 Å². The van der Waals surface area contributed by atoms with Crippen LogP contribution in [0.2, 0.25) is 0 Å². The summed E-state index contributed by atoms with van der Waals surface area (Å²) < 4.78 is 2.14. The number of benzene rings is 8. The minimum Gasteiger partial charge on any atom is -0.292 e. The van der Waals surface area contributed by atoms with Gasteiger partial charge in [0.05, 0.1) is 11.0 Å². The highest BCUT2D eigenvalue weighted by Gasteiger charge is 2.25. The third-order valence-corrected chi connectivity index (χ3v) is 10.3. The van der Waals surface area contributed by atoms with Crippen LogP contribution in [0.3, 0.4) is 0 Å². The number of para-hydroxylation sites is 3. The zero-order valence-corrected chi connectivity index (χ0v) is 28.6. The molecule has 10 heteroatoms. The molecule has 0 N–H and O–H groups in total. The molecule has 226 valence electrons. The molecule has 0 unspecified atom stereocenters. The summed E-state index contributed by atoms with van der Waals surface area (Å²) in [4.78, 5) is 5.11. The van der Waals surface area contributed by atoms with Crippen molar-refractivity contribution in [2.24, 2.45) is 0 Å². The standard InChI is InChI=1S/C43H20B8N2/c44-35-31-29(23-11-8-12-25(20-23)43-52-27-15-6-7-16-28(27)53(43)26-13-2-1-3-14-26)32-34(38(47)42(51)40(49)36(32)45)30(33(31)37(46)41(50)39(35)48)24-18-17-21-9-4-5-10-22(21)19-24/h1-20H. The number of aromatic nitrogens is 2. The molecule has 0 bridgehead atoms. The van der Waals surface area contributed by atoms with Gasteiger partial charge in [0.2, 0.25) is 0 Å². The Kier molecular flexibility index (Phi) is 7.93. The third-order valence-electron chi connectivity index (χ3n) is 10.3. The van der Waals surface area contributed by atoms with Crippen LogP contribution in [0, 0.1) is 0 Å². The molecule has 2 nitrogen and oxygen atoms in total. The van der Waals surface area contributed by atoms with E-state index in [1.807, 2.05) is 91.0 Å². The number of imidazole rings is 1. The van der Waals surface area contributed by atoms with Crippen molar-refractivity contribution in [3.05, 3.63) is 121 Å². The first-order valence-corrected chi connectivity index (χ1v) is 17.1. The average Bonchev–Trinajstić information content (AvgIpc) is 3.59. The molecule has 0 atom stereocenters. The quantitative estimate of drug-likeness (QED) is 0.210. The maximum Gasteiger partial charge on any atom is 0.145 e. The van der Waals surface area contributed by atoms with Crippen LogP contribution in [-0.4, -0.2) is 72.3 Å². The van der Waals surface area contributed by atoms with Gasteiger partial charge >= 0.3 is 0 Å². The molecule has 0 aliphatic rings. The Balaban J connectivity index is 1.45. The lowest BCUT2D eigenvalue weighted by atomic mass is 9.59. The van der Waals surface area contributed by atoms with Gasteiger partial charge in [0.15, 0.2) is 0 Å². The van der Waals surface area contributed by atoms with Crippen LogP contribution in [0.1, 0.15) is 0 Å². The molecule has 0 saturated heterocycles. The van der Waals surface area contributed by atoms with Gasteiger partial charge in [0.25, 0.3) is 0 Å². The topological polar surface area (TPSA) is 17.8 Å². The number of nitrogens with zero attached hydrogens (tertiary/aromatic N) is 2. The second kappa shape index (κ2) is 12.6. The first-order valence-electron chi connectivity index (χ1n) is 17.1. The highest BCUT2D eigenvalue weighted by molar-refractivity contribution is 6.71. The van der Waals surface area contributed by atoms with E-state index in [-0.39, 0.29) is 43.7 Å². The Morgan fingerprint density at radius 1 is 0.377 bits per heavy atom. The Labute approximate surface area is 318 Å². The summed E-state index contributed by atoms with van der Waals surface area (Å²) in [7, 11) is 54.4. The lowest BCUT2D eigenvalue weighted by Gasteiger charge is -2.28. The number of hydrogen-bond acceptors (Lipinski definition) is 1. The van der Waals surface area contributed by atoms with Crippen LogP contribution in [0.25, 0.3) is 82.7 Å². The van der Waals surface area contributed by atoms with Gasteiger partial charge in [0.1, 0.15) is 68.6 Å². The number of fused-ring (bicyclic) bond motifs is 4. The zero-order chi connectivity index (χ0) is 36.7. The Hall–Kier alpha value is -5.47. The molecule has 0 amide bonds. The minimum atomic E-state index is 0.164. The van der Waals surface area contributed by atoms with Gasteiger partial charge in [-0.2, -0.15) is 0 Å². The van der Waals surface area contributed by atoms with E-state index >= 15 is 0 Å². The van der Waals surface area contributed by atoms with Crippen molar-refractivity contribution >= 4 is 150 Å². The van der Waals surface area contributed by atoms with Gasteiger partial charge in [-0.05, 0) is 91.0 Å². The van der Waals surface area contributed by atoms with Crippen molar-refractivity contribution < 1.29 is 0 Å². The molecular weight excluding hydrogens is 631 g/mol. The highest BCUT2D eigenvalue weighted by atomic mass is 15.1. The summed E-state index contributed by atoms with van der Waals surface area (Å²) in [6.45, 7) is 0. The lowest BCUT2D eigenvalue weighted by Crippen LogP contribution is -2.50. The first kappa shape index (κ1) is 33.4. The predicted molar refractivity (Wildman–Crippen MR) is 233 cm³/mol. The van der Waals surface area contributed by atoms with E-state index < -0.39 is 0 Å². The average molecular weight is 651 g/mol. The molecule has 53 heavy (non-hydrogen) atoms. The molecule has 9 rings (SSSR count). The Morgan fingerprint density at radius 2 is 0.868 bits per heavy atom. The number of hydrogen-bond donors (Lipinski definition) is 0. The van der Waals surface area contributed by atoms with E-state index in [0.29, 0.717) is 32.7 Å². The Bertz CT molecular complexity index is 2910. The smallest absolute Gasteiger partial charge is 0.145 e. The van der Waals surface area contributed by atoms with E-state index in [1.165, 1.54) is 0 Å². The molecule has 1 heterocycles. The molecule has 0 aliphatic carbocycles. The maximum atomic E-state index is 7.01. The van der Waals surface area contributed by atoms with Gasteiger partial charge in [-0.1, -0.05) is 107 Å². The van der Waals surface area contributed by atoms with Crippen molar-refractivity contribution in [2.75, 3.05) is 0 Å². The SMILES string of the molecule is [B]c1c([B])c([B])c2c(-c3ccc4ccccc4c3)c3c([B])c([B])c([B])c([B])c3c(-c3cccc(-c4nc5ccccc5n4-c4ccccc4)c3)c2c1[B]. The molecule has 1 aromatic heterocycles. The maximum absolute atomic E-state index is 7.01. The van der Waals surface area contributed by atoms with Crippen molar-refractivity contribution in [3.63, 3.8) is 0 Å². The second-order valence-electron chi connectivity index (χ2n) is 13.3. The summed E-state index contributed by atoms with van der Waals surface area (Å²) in [6, 6.07) is 40.4. The molecule has 0 spiro atoms. The largest absolute Gasteiger partial charge is 0.292 e. The van der Waals surface area contributed by atoms with Crippen LogP contribution in [-0.2, 0) is 0 Å². The summed E-state index contributed by atoms with van der Waals surface area (Å²) >= 11 is 0. The first-order chi connectivity index (χ1) is 25.7. The van der Waals surface area contributed by atoms with Crippen molar-refractivity contribution in [3.8, 4) is 39.3 Å². The third kappa shape index (κ3) is 5.02. The summed E-state index contributed by atoms with van der Waals surface area (Å²) in [5.74, 6) is 0.744. The summed E-state index contributed by atoms with van der Waals surface area (Å²) in [5, 5.41) is 4.35. The summed E-state index contributed by atoms with van der Waals surface area (Å²) in [5.41, 5.74) is 8.17. The molecule has 0 fully saturated rings. The van der Waals surface area contributed by atoms with E-state index in [1.54, 1.807) is 0 Å². The van der Waals surface area contributed by atoms with Crippen molar-refractivity contribution in [1.82, 2.24) is 9.55 Å². The van der Waals surface area contributed by atoms with E-state index in [0.717, 1.165) is 50.0 Å². The molecule has 0 aliphatic heterocycles. The minimum absolute atomic E-state index is 0.164. The van der Waals surface area contributed by atoms with Crippen LogP contribution < -0.4 is 43.7 Å². The summed E-state index contributed by atoms with van der Waals surface area (Å²) in [6.07, 6.45) is 0. The van der Waals surface area contributed by atoms with Gasteiger partial charge in [-0.25, -0.2) is 4.98 Å². The fourth-order valence-electron chi connectivity index (χ4n) is 7.74. The van der Waals surface area contributed by atoms with Crippen LogP contribution in [0.4, 0.5) is 0 Å². The second-order valence-corrected chi connectivity index (χ2v) is 13.3. The molecule has 0 saturated carbocycles. The van der Waals surface area contributed by atoms with Gasteiger partial charge in [-0.15, -0.1) is 21.9 Å². The fraction of sp³-hybridized carbons (Fsp3) is 0. The monoisotopic (exact) mass is 652 g/mol. The number of rotatable bonds is 4. The van der Waals surface area contributed by atoms with E-state index in [2.05, 4.69) is 34.9 Å². The van der Waals surface area contributed by atoms with E-state index in [9.17, 15) is 0 Å². The van der Waals surface area contributed by atoms with Gasteiger partial charge in [-0.3, -0.25) is 4.57 Å². The highest BCUT2D eigenvalue weighted by Crippen LogP contribution is 2.42. The fourth-order valence-corrected chi connectivity index (χ4v) is 7.74. The Morgan fingerprint density at radius 3 is 1.47 bits per heavy atom. The molecule has 9 aromatic rings. The van der Waals surface area contributed by atoms with E-state index in [4.69, 9.17) is 67.8 Å². The predicted octanol–water partition coefficient (Wildman–Crippen LogP) is 1.84. The van der Waals surface area contributed by atoms with Crippen LogP contribution in [0.15, 0.2) is 121 Å². The van der Waals surface area contributed by atoms with Crippen LogP contribution >= 0.6 is 0 Å².